The van der Waals surface area contributed by atoms with E-state index in [0.29, 0.717) is 11.5 Å². The lowest BCUT2D eigenvalue weighted by atomic mass is 9.83. The molecule has 0 bridgehead atoms. The molecule has 18 heavy (non-hydrogen) atoms. The van der Waals surface area contributed by atoms with E-state index >= 15 is 0 Å². The highest BCUT2D eigenvalue weighted by molar-refractivity contribution is 9.09. The van der Waals surface area contributed by atoms with Crippen LogP contribution < -0.4 is 0 Å². The molecule has 0 aromatic carbocycles. The highest BCUT2D eigenvalue weighted by atomic mass is 79.9. The highest BCUT2D eigenvalue weighted by Gasteiger charge is 2.20. The first-order valence-electron chi connectivity index (χ1n) is 7.41. The molecular formula is C15H29BrO2. The van der Waals surface area contributed by atoms with Gasteiger partial charge in [0, 0.05) is 6.61 Å². The van der Waals surface area contributed by atoms with Crippen molar-refractivity contribution in [2.45, 2.75) is 76.8 Å². The van der Waals surface area contributed by atoms with Crippen LogP contribution in [0.1, 0.15) is 65.7 Å². The SMILES string of the molecule is CCCC(C)(C)CCCC(Br)OC1CCCOC1. The van der Waals surface area contributed by atoms with Crippen molar-refractivity contribution < 1.29 is 9.47 Å². The monoisotopic (exact) mass is 320 g/mol. The van der Waals surface area contributed by atoms with Crippen LogP contribution in [0.3, 0.4) is 0 Å². The smallest absolute Gasteiger partial charge is 0.113 e. The van der Waals surface area contributed by atoms with Crippen LogP contribution in [0.4, 0.5) is 0 Å². The minimum Gasteiger partial charge on any atom is -0.379 e. The summed E-state index contributed by atoms with van der Waals surface area (Å²) in [4.78, 5) is 0. The second-order valence-corrected chi connectivity index (χ2v) is 7.21. The molecule has 1 fully saturated rings. The van der Waals surface area contributed by atoms with Crippen LogP contribution in [0.2, 0.25) is 0 Å². The molecular weight excluding hydrogens is 292 g/mol. The zero-order chi connectivity index (χ0) is 13.4. The number of hydrogen-bond donors (Lipinski definition) is 0. The van der Waals surface area contributed by atoms with Gasteiger partial charge in [-0.05, 0) is 43.9 Å². The molecule has 1 rings (SSSR count). The molecule has 1 saturated heterocycles. The predicted octanol–water partition coefficient (Wildman–Crippen LogP) is 4.90. The van der Waals surface area contributed by atoms with Gasteiger partial charge in [0.15, 0.2) is 0 Å². The molecule has 0 amide bonds. The maximum Gasteiger partial charge on any atom is 0.113 e. The fourth-order valence-electron chi connectivity index (χ4n) is 2.64. The lowest BCUT2D eigenvalue weighted by molar-refractivity contribution is -0.0592. The maximum absolute atomic E-state index is 5.96. The van der Waals surface area contributed by atoms with Crippen molar-refractivity contribution in [3.63, 3.8) is 0 Å². The first-order valence-corrected chi connectivity index (χ1v) is 8.32. The molecule has 0 saturated carbocycles. The fraction of sp³-hybridized carbons (Fsp3) is 1.00. The van der Waals surface area contributed by atoms with Gasteiger partial charge in [-0.1, -0.05) is 43.1 Å². The van der Waals surface area contributed by atoms with E-state index in [1.54, 1.807) is 0 Å². The van der Waals surface area contributed by atoms with Crippen molar-refractivity contribution in [2.75, 3.05) is 13.2 Å². The van der Waals surface area contributed by atoms with Gasteiger partial charge in [-0.15, -0.1) is 0 Å². The van der Waals surface area contributed by atoms with Gasteiger partial charge in [-0.3, -0.25) is 0 Å². The summed E-state index contributed by atoms with van der Waals surface area (Å²) < 4.78 is 11.4. The Morgan fingerprint density at radius 1 is 1.39 bits per heavy atom. The molecule has 2 nitrogen and oxygen atoms in total. The minimum atomic E-state index is 0.196. The summed E-state index contributed by atoms with van der Waals surface area (Å²) in [7, 11) is 0. The van der Waals surface area contributed by atoms with E-state index in [0.717, 1.165) is 32.5 Å². The van der Waals surface area contributed by atoms with Crippen LogP contribution in [0.15, 0.2) is 0 Å². The average molecular weight is 321 g/mol. The van der Waals surface area contributed by atoms with Crippen molar-refractivity contribution >= 4 is 15.9 Å². The Kier molecular flexibility index (Phi) is 7.81. The largest absolute Gasteiger partial charge is 0.379 e. The van der Waals surface area contributed by atoms with Crippen LogP contribution in [-0.4, -0.2) is 24.3 Å². The molecule has 108 valence electrons. The van der Waals surface area contributed by atoms with E-state index in [4.69, 9.17) is 9.47 Å². The van der Waals surface area contributed by atoms with Gasteiger partial charge in [0.25, 0.3) is 0 Å². The van der Waals surface area contributed by atoms with E-state index in [9.17, 15) is 0 Å². The summed E-state index contributed by atoms with van der Waals surface area (Å²) >= 11 is 3.64. The number of alkyl halides is 1. The topological polar surface area (TPSA) is 18.5 Å². The molecule has 1 aliphatic rings. The number of ether oxygens (including phenoxy) is 2. The molecule has 0 radical (unpaired) electrons. The first kappa shape index (κ1) is 16.5. The van der Waals surface area contributed by atoms with E-state index in [1.165, 1.54) is 25.7 Å². The zero-order valence-electron chi connectivity index (χ0n) is 12.2. The van der Waals surface area contributed by atoms with Gasteiger partial charge in [0.05, 0.1) is 12.7 Å². The quantitative estimate of drug-likeness (QED) is 0.592. The van der Waals surface area contributed by atoms with Gasteiger partial charge >= 0.3 is 0 Å². The Hall–Kier alpha value is 0.400. The van der Waals surface area contributed by atoms with E-state index in [2.05, 4.69) is 36.7 Å². The highest BCUT2D eigenvalue weighted by Crippen LogP contribution is 2.30. The summed E-state index contributed by atoms with van der Waals surface area (Å²) in [6, 6.07) is 0. The van der Waals surface area contributed by atoms with Gasteiger partial charge in [0.2, 0.25) is 0 Å². The van der Waals surface area contributed by atoms with Crippen molar-refractivity contribution in [3.05, 3.63) is 0 Å². The summed E-state index contributed by atoms with van der Waals surface area (Å²) in [6.45, 7) is 8.67. The third kappa shape index (κ3) is 7.10. The van der Waals surface area contributed by atoms with Crippen LogP contribution in [0.25, 0.3) is 0 Å². The first-order chi connectivity index (χ1) is 8.53. The fourth-order valence-corrected chi connectivity index (χ4v) is 3.27. The van der Waals surface area contributed by atoms with Gasteiger partial charge in [-0.25, -0.2) is 0 Å². The van der Waals surface area contributed by atoms with Crippen LogP contribution >= 0.6 is 15.9 Å². The lowest BCUT2D eigenvalue weighted by Gasteiger charge is -2.27. The van der Waals surface area contributed by atoms with Crippen molar-refractivity contribution in [1.82, 2.24) is 0 Å². The Balaban J connectivity index is 2.10. The normalized spacial score (nSPS) is 23.0. The third-order valence-electron chi connectivity index (χ3n) is 3.67. The van der Waals surface area contributed by atoms with E-state index in [-0.39, 0.29) is 5.01 Å². The number of rotatable bonds is 8. The van der Waals surface area contributed by atoms with Gasteiger partial charge in [0.1, 0.15) is 5.01 Å². The molecule has 1 aliphatic heterocycles. The Morgan fingerprint density at radius 3 is 2.78 bits per heavy atom. The molecule has 2 atom stereocenters. The second kappa shape index (κ2) is 8.55. The Morgan fingerprint density at radius 2 is 2.17 bits per heavy atom. The molecule has 0 aromatic heterocycles. The maximum atomic E-state index is 5.96. The molecule has 2 unspecified atom stereocenters. The van der Waals surface area contributed by atoms with Crippen molar-refractivity contribution in [2.24, 2.45) is 5.41 Å². The standard InChI is InChI=1S/C15H29BrO2/c1-4-9-15(2,3)10-5-8-14(16)18-13-7-6-11-17-12-13/h13-14H,4-12H2,1-3H3. The summed E-state index contributed by atoms with van der Waals surface area (Å²) in [5.74, 6) is 0. The molecule has 0 N–H and O–H groups in total. The molecule has 0 aromatic rings. The summed E-state index contributed by atoms with van der Waals surface area (Å²) in [5.41, 5.74) is 0.482. The Bertz CT molecular complexity index is 213. The lowest BCUT2D eigenvalue weighted by Crippen LogP contribution is -2.28. The second-order valence-electron chi connectivity index (χ2n) is 6.19. The van der Waals surface area contributed by atoms with Gasteiger partial charge in [-0.2, -0.15) is 0 Å². The van der Waals surface area contributed by atoms with Crippen LogP contribution in [0.5, 0.6) is 0 Å². The predicted molar refractivity (Wildman–Crippen MR) is 80.2 cm³/mol. The molecule has 3 heteroatoms. The Labute approximate surface area is 121 Å². The van der Waals surface area contributed by atoms with Crippen LogP contribution in [-0.2, 0) is 9.47 Å². The number of halogens is 1. The average Bonchev–Trinajstić information content (AvgIpc) is 2.29. The van der Waals surface area contributed by atoms with Crippen LogP contribution in [0, 0.1) is 5.41 Å². The van der Waals surface area contributed by atoms with E-state index < -0.39 is 0 Å². The molecule has 0 spiro atoms. The third-order valence-corrected chi connectivity index (χ3v) is 4.34. The summed E-state index contributed by atoms with van der Waals surface area (Å²) in [5, 5.41) is 0.196. The van der Waals surface area contributed by atoms with Crippen molar-refractivity contribution in [3.8, 4) is 0 Å². The minimum absolute atomic E-state index is 0.196. The molecule has 0 aliphatic carbocycles. The summed E-state index contributed by atoms with van der Waals surface area (Å²) in [6.07, 6.45) is 8.79. The molecule has 1 heterocycles. The zero-order valence-corrected chi connectivity index (χ0v) is 13.8. The van der Waals surface area contributed by atoms with Crippen molar-refractivity contribution in [1.29, 1.82) is 0 Å². The van der Waals surface area contributed by atoms with Gasteiger partial charge < -0.3 is 9.47 Å². The van der Waals surface area contributed by atoms with E-state index in [1.807, 2.05) is 0 Å². The number of hydrogen-bond acceptors (Lipinski definition) is 2.